The van der Waals surface area contributed by atoms with E-state index < -0.39 is 5.97 Å². The van der Waals surface area contributed by atoms with Gasteiger partial charge in [0.25, 0.3) is 0 Å². The summed E-state index contributed by atoms with van der Waals surface area (Å²) in [6.45, 7) is 3.44. The lowest BCUT2D eigenvalue weighted by atomic mass is 10.0. The first-order chi connectivity index (χ1) is 9.88. The number of nitrogens with zero attached hydrogens (tertiary/aromatic N) is 1. The second kappa shape index (κ2) is 5.79. The van der Waals surface area contributed by atoms with Crippen LogP contribution in [-0.4, -0.2) is 24.0 Å². The molecule has 4 heteroatoms. The van der Waals surface area contributed by atoms with Gasteiger partial charge in [-0.25, -0.2) is 4.79 Å². The van der Waals surface area contributed by atoms with E-state index >= 15 is 0 Å². The van der Waals surface area contributed by atoms with Crippen LogP contribution < -0.4 is 4.90 Å². The van der Waals surface area contributed by atoms with Gasteiger partial charge in [-0.2, -0.15) is 0 Å². The van der Waals surface area contributed by atoms with Crippen LogP contribution in [0.2, 0.25) is 0 Å². The number of carboxylic acid groups (broad SMARTS) is 1. The molecule has 0 aliphatic rings. The maximum atomic E-state index is 11.5. The minimum atomic E-state index is -1.01. The second-order valence-electron chi connectivity index (χ2n) is 5.02. The molecular weight excluding hydrogens is 266 g/mol. The molecule has 0 atom stereocenters. The molecule has 0 saturated heterocycles. The number of hydrogen-bond acceptors (Lipinski definition) is 2. The lowest BCUT2D eigenvalue weighted by Gasteiger charge is -2.17. The molecule has 0 aliphatic carbocycles. The molecule has 108 valence electrons. The smallest absolute Gasteiger partial charge is 0.335 e. The first-order valence-corrected chi connectivity index (χ1v) is 6.58. The Morgan fingerprint density at radius 2 is 1.62 bits per heavy atom. The Balaban J connectivity index is 2.57. The summed E-state index contributed by atoms with van der Waals surface area (Å²) in [6.07, 6.45) is 0. The summed E-state index contributed by atoms with van der Waals surface area (Å²) in [7, 11) is 1.63. The third-order valence-corrected chi connectivity index (χ3v) is 3.41. The molecule has 0 saturated carbocycles. The fourth-order valence-corrected chi connectivity index (χ4v) is 2.02. The first-order valence-electron chi connectivity index (χ1n) is 6.58. The highest BCUT2D eigenvalue weighted by molar-refractivity contribution is 5.96. The van der Waals surface area contributed by atoms with Crippen molar-refractivity contribution < 1.29 is 14.7 Å². The average Bonchev–Trinajstić information content (AvgIpc) is 2.46. The zero-order valence-corrected chi connectivity index (χ0v) is 12.3. The van der Waals surface area contributed by atoms with Gasteiger partial charge in [0.15, 0.2) is 0 Å². The highest BCUT2D eigenvalue weighted by Gasteiger charge is 2.12. The highest BCUT2D eigenvalue weighted by atomic mass is 16.4. The molecule has 0 radical (unpaired) electrons. The maximum Gasteiger partial charge on any atom is 0.335 e. The van der Waals surface area contributed by atoms with Crippen LogP contribution >= 0.6 is 0 Å². The first kappa shape index (κ1) is 14.8. The fraction of sp³-hybridized carbons (Fsp3) is 0.176. The maximum absolute atomic E-state index is 11.5. The molecule has 1 N–H and O–H groups in total. The second-order valence-corrected chi connectivity index (χ2v) is 5.02. The normalized spacial score (nSPS) is 10.2. The summed E-state index contributed by atoms with van der Waals surface area (Å²) in [6, 6.07) is 12.8. The van der Waals surface area contributed by atoms with Crippen LogP contribution in [0, 0.1) is 6.92 Å². The van der Waals surface area contributed by atoms with Crippen molar-refractivity contribution in [1.29, 1.82) is 0 Å². The van der Waals surface area contributed by atoms with E-state index in [0.717, 1.165) is 16.7 Å². The van der Waals surface area contributed by atoms with Gasteiger partial charge in [-0.05, 0) is 36.2 Å². The molecule has 0 unspecified atom stereocenters. The predicted octanol–water partition coefficient (Wildman–Crippen LogP) is 3.34. The number of benzene rings is 2. The molecule has 2 rings (SSSR count). The SMILES string of the molecule is CC(=O)N(C)c1cc(C(=O)O)cc(-c2ccc(C)cc2)c1. The van der Waals surface area contributed by atoms with Crippen LogP contribution in [0.5, 0.6) is 0 Å². The largest absolute Gasteiger partial charge is 0.478 e. The molecule has 21 heavy (non-hydrogen) atoms. The van der Waals surface area contributed by atoms with E-state index in [1.807, 2.05) is 37.3 Å². The van der Waals surface area contributed by atoms with Gasteiger partial charge in [-0.15, -0.1) is 0 Å². The van der Waals surface area contributed by atoms with E-state index in [-0.39, 0.29) is 11.5 Å². The fourth-order valence-electron chi connectivity index (χ4n) is 2.02. The number of hydrogen-bond donors (Lipinski definition) is 1. The Labute approximate surface area is 123 Å². The third kappa shape index (κ3) is 3.28. The molecule has 1 amide bonds. The Morgan fingerprint density at radius 3 is 2.14 bits per heavy atom. The van der Waals surface area contributed by atoms with E-state index in [0.29, 0.717) is 5.69 Å². The van der Waals surface area contributed by atoms with Crippen LogP contribution in [-0.2, 0) is 4.79 Å². The molecular formula is C17H17NO3. The number of carbonyl (C=O) groups excluding carboxylic acids is 1. The van der Waals surface area contributed by atoms with Crippen LogP contribution in [0.25, 0.3) is 11.1 Å². The predicted molar refractivity (Wildman–Crippen MR) is 82.7 cm³/mol. The number of amides is 1. The monoisotopic (exact) mass is 283 g/mol. The molecule has 2 aromatic rings. The number of anilines is 1. The molecule has 2 aromatic carbocycles. The summed E-state index contributed by atoms with van der Waals surface area (Å²) in [5.41, 5.74) is 3.56. The van der Waals surface area contributed by atoms with Gasteiger partial charge in [0.1, 0.15) is 0 Å². The number of carboxylic acids is 1. The lowest BCUT2D eigenvalue weighted by molar-refractivity contribution is -0.116. The quantitative estimate of drug-likeness (QED) is 0.939. The molecule has 0 bridgehead atoms. The van der Waals surface area contributed by atoms with Crippen LogP contribution in [0.1, 0.15) is 22.8 Å². The summed E-state index contributed by atoms with van der Waals surface area (Å²) < 4.78 is 0. The van der Waals surface area contributed by atoms with Gasteiger partial charge in [-0.1, -0.05) is 29.8 Å². The van der Waals surface area contributed by atoms with Crippen molar-refractivity contribution in [2.75, 3.05) is 11.9 Å². The van der Waals surface area contributed by atoms with Gasteiger partial charge in [0.05, 0.1) is 5.56 Å². The summed E-state index contributed by atoms with van der Waals surface area (Å²) in [5, 5.41) is 9.24. The van der Waals surface area contributed by atoms with Crippen molar-refractivity contribution in [2.45, 2.75) is 13.8 Å². The highest BCUT2D eigenvalue weighted by Crippen LogP contribution is 2.27. The zero-order valence-electron chi connectivity index (χ0n) is 12.3. The molecule has 0 spiro atoms. The molecule has 0 aliphatic heterocycles. The number of rotatable bonds is 3. The number of carbonyl (C=O) groups is 2. The Bertz CT molecular complexity index is 690. The van der Waals surface area contributed by atoms with E-state index in [1.54, 1.807) is 13.1 Å². The van der Waals surface area contributed by atoms with Gasteiger partial charge in [0, 0.05) is 19.7 Å². The minimum Gasteiger partial charge on any atom is -0.478 e. The van der Waals surface area contributed by atoms with E-state index in [4.69, 9.17) is 0 Å². The zero-order chi connectivity index (χ0) is 15.6. The molecule has 0 heterocycles. The van der Waals surface area contributed by atoms with E-state index in [1.165, 1.54) is 17.9 Å². The van der Waals surface area contributed by atoms with Crippen molar-refractivity contribution in [3.63, 3.8) is 0 Å². The lowest BCUT2D eigenvalue weighted by Crippen LogP contribution is -2.23. The summed E-state index contributed by atoms with van der Waals surface area (Å²) >= 11 is 0. The Morgan fingerprint density at radius 1 is 1.00 bits per heavy atom. The van der Waals surface area contributed by atoms with Crippen LogP contribution in [0.3, 0.4) is 0 Å². The minimum absolute atomic E-state index is 0.146. The van der Waals surface area contributed by atoms with Crippen LogP contribution in [0.15, 0.2) is 42.5 Å². The van der Waals surface area contributed by atoms with Gasteiger partial charge in [-0.3, -0.25) is 4.79 Å². The average molecular weight is 283 g/mol. The van der Waals surface area contributed by atoms with Crippen molar-refractivity contribution in [1.82, 2.24) is 0 Å². The number of aryl methyl sites for hydroxylation is 1. The van der Waals surface area contributed by atoms with E-state index in [9.17, 15) is 14.7 Å². The molecule has 0 aromatic heterocycles. The standard InChI is InChI=1S/C17H17NO3/c1-11-4-6-13(7-5-11)14-8-15(17(20)21)10-16(9-14)18(3)12(2)19/h4-10H,1-3H3,(H,20,21). The Hall–Kier alpha value is -2.62. The molecule has 4 nitrogen and oxygen atoms in total. The number of aromatic carboxylic acids is 1. The topological polar surface area (TPSA) is 57.6 Å². The van der Waals surface area contributed by atoms with Crippen molar-refractivity contribution in [3.05, 3.63) is 53.6 Å². The Kier molecular flexibility index (Phi) is 4.08. The summed E-state index contributed by atoms with van der Waals surface area (Å²) in [4.78, 5) is 24.2. The van der Waals surface area contributed by atoms with Crippen LogP contribution in [0.4, 0.5) is 5.69 Å². The van der Waals surface area contributed by atoms with Gasteiger partial charge < -0.3 is 10.0 Å². The van der Waals surface area contributed by atoms with Crippen molar-refractivity contribution in [3.8, 4) is 11.1 Å². The van der Waals surface area contributed by atoms with Crippen molar-refractivity contribution in [2.24, 2.45) is 0 Å². The summed E-state index contributed by atoms with van der Waals surface area (Å²) in [5.74, 6) is -1.16. The van der Waals surface area contributed by atoms with Gasteiger partial charge >= 0.3 is 5.97 Å². The van der Waals surface area contributed by atoms with Gasteiger partial charge in [0.2, 0.25) is 5.91 Å². The molecule has 0 fully saturated rings. The van der Waals surface area contributed by atoms with E-state index in [2.05, 4.69) is 0 Å². The third-order valence-electron chi connectivity index (χ3n) is 3.41. The van der Waals surface area contributed by atoms with Crippen molar-refractivity contribution >= 4 is 17.6 Å².